The van der Waals surface area contributed by atoms with Crippen molar-refractivity contribution in [2.75, 3.05) is 12.4 Å². The van der Waals surface area contributed by atoms with Gasteiger partial charge in [-0.1, -0.05) is 30.0 Å². The molecular weight excluding hydrogens is 362 g/mol. The van der Waals surface area contributed by atoms with Crippen molar-refractivity contribution in [3.05, 3.63) is 53.6 Å². The van der Waals surface area contributed by atoms with Crippen LogP contribution in [0.2, 0.25) is 0 Å². The van der Waals surface area contributed by atoms with E-state index in [-0.39, 0.29) is 18.2 Å². The van der Waals surface area contributed by atoms with E-state index in [1.807, 2.05) is 32.0 Å². The lowest BCUT2D eigenvalue weighted by Crippen LogP contribution is -2.28. The van der Waals surface area contributed by atoms with Crippen LogP contribution >= 0.6 is 11.8 Å². The van der Waals surface area contributed by atoms with Crippen molar-refractivity contribution in [1.29, 1.82) is 0 Å². The number of benzene rings is 2. The average Bonchev–Trinajstić information content (AvgIpc) is 2.98. The summed E-state index contributed by atoms with van der Waals surface area (Å²) in [6.45, 7) is 3.96. The number of aryl methyl sites for hydroxylation is 2. The van der Waals surface area contributed by atoms with E-state index in [1.165, 1.54) is 11.8 Å². The maximum atomic E-state index is 12.3. The van der Waals surface area contributed by atoms with Gasteiger partial charge in [0.05, 0.1) is 12.8 Å². The minimum absolute atomic E-state index is 0.0777. The number of hydrogen-bond acceptors (Lipinski definition) is 5. The van der Waals surface area contributed by atoms with Gasteiger partial charge >= 0.3 is 0 Å². The van der Waals surface area contributed by atoms with Crippen molar-refractivity contribution in [3.63, 3.8) is 0 Å². The summed E-state index contributed by atoms with van der Waals surface area (Å²) in [5, 5.41) is 5.60. The van der Waals surface area contributed by atoms with Crippen molar-refractivity contribution in [1.82, 2.24) is 5.32 Å². The second-order valence-electron chi connectivity index (χ2n) is 6.23. The molecular formula is C20H21N3O3S. The number of anilines is 1. The molecule has 1 fully saturated rings. The second kappa shape index (κ2) is 8.26. The summed E-state index contributed by atoms with van der Waals surface area (Å²) in [5.74, 6) is 0.294. The zero-order chi connectivity index (χ0) is 19.4. The molecule has 1 saturated heterocycles. The Morgan fingerprint density at radius 2 is 1.85 bits per heavy atom. The molecule has 1 aliphatic heterocycles. The Kier molecular flexibility index (Phi) is 5.81. The molecule has 2 aromatic carbocycles. The predicted octanol–water partition coefficient (Wildman–Crippen LogP) is 3.56. The van der Waals surface area contributed by atoms with E-state index < -0.39 is 5.25 Å². The highest BCUT2D eigenvalue weighted by molar-refractivity contribution is 8.15. The first-order valence-corrected chi connectivity index (χ1v) is 9.40. The Hall–Kier alpha value is -2.80. The molecule has 3 rings (SSSR count). The summed E-state index contributed by atoms with van der Waals surface area (Å²) in [6, 6.07) is 13.0. The molecule has 0 unspecified atom stereocenters. The Bertz CT molecular complexity index is 874. The molecule has 0 bridgehead atoms. The van der Waals surface area contributed by atoms with Crippen molar-refractivity contribution >= 4 is 40.1 Å². The number of para-hydroxylation sites is 1. The van der Waals surface area contributed by atoms with E-state index in [0.29, 0.717) is 16.6 Å². The highest BCUT2D eigenvalue weighted by Crippen LogP contribution is 2.29. The highest BCUT2D eigenvalue weighted by atomic mass is 32.2. The van der Waals surface area contributed by atoms with Crippen LogP contribution in [0.3, 0.4) is 0 Å². The van der Waals surface area contributed by atoms with Crippen LogP contribution in [-0.2, 0) is 9.59 Å². The molecule has 2 amide bonds. The number of aliphatic imine (C=N–C) groups is 1. The molecule has 0 radical (unpaired) electrons. The molecule has 6 nitrogen and oxygen atoms in total. The third-order valence-electron chi connectivity index (χ3n) is 4.17. The van der Waals surface area contributed by atoms with Crippen molar-refractivity contribution in [3.8, 4) is 5.75 Å². The molecule has 1 atom stereocenters. The maximum absolute atomic E-state index is 12.3. The molecule has 7 heteroatoms. The number of methoxy groups -OCH3 is 1. The van der Waals surface area contributed by atoms with Crippen molar-refractivity contribution in [2.45, 2.75) is 25.5 Å². The van der Waals surface area contributed by atoms with E-state index in [1.54, 1.807) is 31.4 Å². The van der Waals surface area contributed by atoms with E-state index in [2.05, 4.69) is 15.6 Å². The van der Waals surface area contributed by atoms with Gasteiger partial charge in [0, 0.05) is 12.1 Å². The van der Waals surface area contributed by atoms with Gasteiger partial charge in [0.15, 0.2) is 5.17 Å². The lowest BCUT2D eigenvalue weighted by Gasteiger charge is -2.08. The van der Waals surface area contributed by atoms with Gasteiger partial charge in [-0.2, -0.15) is 0 Å². The van der Waals surface area contributed by atoms with Gasteiger partial charge in [0.2, 0.25) is 11.8 Å². The van der Waals surface area contributed by atoms with Crippen LogP contribution in [0.25, 0.3) is 0 Å². The zero-order valence-electron chi connectivity index (χ0n) is 15.4. The van der Waals surface area contributed by atoms with Gasteiger partial charge in [-0.15, -0.1) is 0 Å². The summed E-state index contributed by atoms with van der Waals surface area (Å²) < 4.78 is 5.09. The van der Waals surface area contributed by atoms with Crippen molar-refractivity contribution in [2.24, 2.45) is 4.99 Å². The Labute approximate surface area is 162 Å². The summed E-state index contributed by atoms with van der Waals surface area (Å²) in [7, 11) is 1.58. The fourth-order valence-electron chi connectivity index (χ4n) is 2.73. The van der Waals surface area contributed by atoms with Gasteiger partial charge in [0.1, 0.15) is 11.0 Å². The largest absolute Gasteiger partial charge is 0.497 e. The molecule has 0 spiro atoms. The van der Waals surface area contributed by atoms with Crippen LogP contribution in [0.4, 0.5) is 11.4 Å². The Morgan fingerprint density at radius 3 is 2.48 bits per heavy atom. The van der Waals surface area contributed by atoms with Crippen LogP contribution in [0.5, 0.6) is 5.75 Å². The number of nitrogens with one attached hydrogen (secondary N) is 2. The lowest BCUT2D eigenvalue weighted by atomic mass is 10.1. The van der Waals surface area contributed by atoms with Gasteiger partial charge in [-0.25, -0.2) is 4.99 Å². The SMILES string of the molecule is COc1ccc(NC(=O)C[C@@H]2SC(=Nc3c(C)cccc3C)NC2=O)cc1. The van der Waals surface area contributed by atoms with Crippen LogP contribution in [0.1, 0.15) is 17.5 Å². The quantitative estimate of drug-likeness (QED) is 0.827. The van der Waals surface area contributed by atoms with Crippen LogP contribution < -0.4 is 15.4 Å². The van der Waals surface area contributed by atoms with Gasteiger partial charge in [0.25, 0.3) is 0 Å². The van der Waals surface area contributed by atoms with Gasteiger partial charge in [-0.3, -0.25) is 9.59 Å². The molecule has 27 heavy (non-hydrogen) atoms. The van der Waals surface area contributed by atoms with E-state index in [0.717, 1.165) is 16.8 Å². The maximum Gasteiger partial charge on any atom is 0.240 e. The first-order chi connectivity index (χ1) is 13.0. The third-order valence-corrected chi connectivity index (χ3v) is 5.26. The number of thioether (sulfide) groups is 1. The van der Waals surface area contributed by atoms with E-state index in [9.17, 15) is 9.59 Å². The first kappa shape index (κ1) is 19.0. The summed E-state index contributed by atoms with van der Waals surface area (Å²) in [4.78, 5) is 29.0. The molecule has 2 aromatic rings. The number of amidine groups is 1. The Morgan fingerprint density at radius 1 is 1.19 bits per heavy atom. The molecule has 0 aromatic heterocycles. The summed E-state index contributed by atoms with van der Waals surface area (Å²) in [5.41, 5.74) is 3.59. The topological polar surface area (TPSA) is 79.8 Å². The normalized spacial score (nSPS) is 17.7. The molecule has 1 aliphatic rings. The lowest BCUT2D eigenvalue weighted by molar-refractivity contribution is -0.122. The molecule has 140 valence electrons. The minimum Gasteiger partial charge on any atom is -0.497 e. The van der Waals surface area contributed by atoms with Crippen molar-refractivity contribution < 1.29 is 14.3 Å². The number of amides is 2. The van der Waals surface area contributed by atoms with Crippen LogP contribution in [0, 0.1) is 13.8 Å². The van der Waals surface area contributed by atoms with Gasteiger partial charge < -0.3 is 15.4 Å². The fourth-order valence-corrected chi connectivity index (χ4v) is 3.70. The first-order valence-electron chi connectivity index (χ1n) is 8.52. The number of hydrogen-bond donors (Lipinski definition) is 2. The number of carbonyl (C=O) groups excluding carboxylic acids is 2. The third kappa shape index (κ3) is 4.68. The van der Waals surface area contributed by atoms with Crippen LogP contribution in [0.15, 0.2) is 47.5 Å². The smallest absolute Gasteiger partial charge is 0.240 e. The second-order valence-corrected chi connectivity index (χ2v) is 7.43. The van der Waals surface area contributed by atoms with Gasteiger partial charge in [-0.05, 0) is 49.2 Å². The number of ether oxygens (including phenoxy) is 1. The Balaban J connectivity index is 1.63. The highest BCUT2D eigenvalue weighted by Gasteiger charge is 2.32. The number of carbonyl (C=O) groups is 2. The van der Waals surface area contributed by atoms with E-state index in [4.69, 9.17) is 4.74 Å². The number of rotatable bonds is 5. The van der Waals surface area contributed by atoms with Crippen LogP contribution in [-0.4, -0.2) is 29.3 Å². The molecule has 0 saturated carbocycles. The summed E-state index contributed by atoms with van der Waals surface area (Å²) >= 11 is 1.28. The standard InChI is InChI=1S/C20H21N3O3S/c1-12-5-4-6-13(2)18(12)22-20-23-19(25)16(27-20)11-17(24)21-14-7-9-15(26-3)10-8-14/h4-10,16H,11H2,1-3H3,(H,21,24)(H,22,23,25)/t16-/m0/s1. The molecule has 0 aliphatic carbocycles. The van der Waals surface area contributed by atoms with E-state index >= 15 is 0 Å². The monoisotopic (exact) mass is 383 g/mol. The molecule has 1 heterocycles. The molecule has 2 N–H and O–H groups in total. The zero-order valence-corrected chi connectivity index (χ0v) is 16.2. The summed E-state index contributed by atoms with van der Waals surface area (Å²) in [6.07, 6.45) is 0.0777. The average molecular weight is 383 g/mol. The fraction of sp³-hybridized carbons (Fsp3) is 0.250. The predicted molar refractivity (Wildman–Crippen MR) is 109 cm³/mol. The minimum atomic E-state index is -0.494. The number of nitrogens with zero attached hydrogens (tertiary/aromatic N) is 1.